The minimum absolute atomic E-state index is 0.231. The first-order valence-corrected chi connectivity index (χ1v) is 9.83. The van der Waals surface area contributed by atoms with Gasteiger partial charge in [-0.3, -0.25) is 4.79 Å². The van der Waals surface area contributed by atoms with Crippen molar-refractivity contribution in [1.82, 2.24) is 15.5 Å². The van der Waals surface area contributed by atoms with Crippen LogP contribution in [0.1, 0.15) is 50.7 Å². The van der Waals surface area contributed by atoms with Crippen molar-refractivity contribution in [1.29, 1.82) is 0 Å². The van der Waals surface area contributed by atoms with Gasteiger partial charge in [-0.15, -0.1) is 0 Å². The van der Waals surface area contributed by atoms with Gasteiger partial charge in [-0.25, -0.2) is 4.99 Å². The lowest BCUT2D eigenvalue weighted by Gasteiger charge is -2.31. The van der Waals surface area contributed by atoms with Crippen LogP contribution in [0.3, 0.4) is 0 Å². The Morgan fingerprint density at radius 1 is 1.12 bits per heavy atom. The van der Waals surface area contributed by atoms with Gasteiger partial charge in [0.2, 0.25) is 5.91 Å². The quantitative estimate of drug-likeness (QED) is 0.582. The smallest absolute Gasteiger partial charge is 0.230 e. The van der Waals surface area contributed by atoms with Crippen LogP contribution in [0, 0.1) is 5.41 Å². The molecule has 0 aliphatic heterocycles. The van der Waals surface area contributed by atoms with E-state index in [1.165, 1.54) is 11.1 Å². The summed E-state index contributed by atoms with van der Waals surface area (Å²) >= 11 is 0. The molecule has 0 aromatic heterocycles. The Kier molecular flexibility index (Phi) is 7.49. The van der Waals surface area contributed by atoms with Crippen LogP contribution >= 0.6 is 0 Å². The Balaban J connectivity index is 2.08. The zero-order valence-electron chi connectivity index (χ0n) is 16.8. The molecule has 1 aliphatic carbocycles. The number of carbonyl (C=O) groups is 1. The van der Waals surface area contributed by atoms with Crippen molar-refractivity contribution in [2.45, 2.75) is 52.5 Å². The van der Waals surface area contributed by atoms with Crippen molar-refractivity contribution in [3.8, 4) is 0 Å². The van der Waals surface area contributed by atoms with Crippen molar-refractivity contribution < 1.29 is 4.79 Å². The van der Waals surface area contributed by atoms with Gasteiger partial charge in [-0.05, 0) is 37.3 Å². The highest BCUT2D eigenvalue weighted by Crippen LogP contribution is 2.38. The fourth-order valence-corrected chi connectivity index (χ4v) is 3.81. The molecule has 0 bridgehead atoms. The van der Waals surface area contributed by atoms with Gasteiger partial charge in [-0.1, -0.05) is 44.0 Å². The van der Waals surface area contributed by atoms with Crippen LogP contribution in [-0.4, -0.2) is 44.0 Å². The van der Waals surface area contributed by atoms with Gasteiger partial charge in [0.05, 0.1) is 12.0 Å². The first-order valence-electron chi connectivity index (χ1n) is 9.83. The lowest BCUT2D eigenvalue weighted by Crippen LogP contribution is -2.49. The Hall–Kier alpha value is -2.04. The Morgan fingerprint density at radius 2 is 1.77 bits per heavy atom. The summed E-state index contributed by atoms with van der Waals surface area (Å²) in [5.74, 6) is 1.02. The number of rotatable bonds is 7. The summed E-state index contributed by atoms with van der Waals surface area (Å²) in [6, 6.07) is 8.44. The van der Waals surface area contributed by atoms with E-state index in [-0.39, 0.29) is 11.3 Å². The molecule has 5 heteroatoms. The molecular weight excluding hydrogens is 324 g/mol. The number of guanidine groups is 1. The minimum atomic E-state index is -0.291. The second kappa shape index (κ2) is 9.60. The van der Waals surface area contributed by atoms with E-state index in [1.807, 2.05) is 14.1 Å². The van der Waals surface area contributed by atoms with Crippen molar-refractivity contribution >= 4 is 11.9 Å². The van der Waals surface area contributed by atoms with Gasteiger partial charge < -0.3 is 15.5 Å². The van der Waals surface area contributed by atoms with Crippen LogP contribution in [0.4, 0.5) is 0 Å². The highest BCUT2D eigenvalue weighted by molar-refractivity contribution is 5.85. The summed E-state index contributed by atoms with van der Waals surface area (Å²) in [6.07, 6.45) is 5.16. The predicted octanol–water partition coefficient (Wildman–Crippen LogP) is 2.95. The molecule has 1 saturated carbocycles. The van der Waals surface area contributed by atoms with Crippen molar-refractivity contribution in [2.24, 2.45) is 10.4 Å². The van der Waals surface area contributed by atoms with Crippen LogP contribution in [0.25, 0.3) is 0 Å². The summed E-state index contributed by atoms with van der Waals surface area (Å²) in [7, 11) is 3.70. The lowest BCUT2D eigenvalue weighted by atomic mass is 9.84. The van der Waals surface area contributed by atoms with Crippen molar-refractivity contribution in [3.05, 3.63) is 35.4 Å². The molecule has 0 radical (unpaired) electrons. The molecule has 2 N–H and O–H groups in total. The predicted molar refractivity (Wildman–Crippen MR) is 108 cm³/mol. The van der Waals surface area contributed by atoms with E-state index >= 15 is 0 Å². The third kappa shape index (κ3) is 4.99. The Morgan fingerprint density at radius 3 is 2.35 bits per heavy atom. The number of aryl methyl sites for hydroxylation is 1. The molecule has 0 atom stereocenters. The monoisotopic (exact) mass is 358 g/mol. The lowest BCUT2D eigenvalue weighted by molar-refractivity contribution is -0.138. The SMILES string of the molecule is CCNC(=NCc1ccccc1CC)NCC1(C(=O)N(C)C)CCCC1. The Labute approximate surface area is 158 Å². The van der Waals surface area contributed by atoms with E-state index in [2.05, 4.69) is 48.7 Å². The number of amides is 1. The second-order valence-electron chi connectivity index (χ2n) is 7.36. The summed E-state index contributed by atoms with van der Waals surface area (Å²) in [5, 5.41) is 6.75. The first-order chi connectivity index (χ1) is 12.5. The maximum Gasteiger partial charge on any atom is 0.230 e. The molecule has 0 heterocycles. The summed E-state index contributed by atoms with van der Waals surface area (Å²) in [6.45, 7) is 6.32. The number of benzene rings is 1. The van der Waals surface area contributed by atoms with Gasteiger partial charge >= 0.3 is 0 Å². The molecule has 2 rings (SSSR count). The van der Waals surface area contributed by atoms with E-state index in [4.69, 9.17) is 4.99 Å². The van der Waals surface area contributed by atoms with Crippen LogP contribution < -0.4 is 10.6 Å². The molecule has 1 fully saturated rings. The Bertz CT molecular complexity index is 618. The number of aliphatic imine (C=N–C) groups is 1. The van der Waals surface area contributed by atoms with E-state index in [0.717, 1.165) is 44.6 Å². The third-order valence-electron chi connectivity index (χ3n) is 5.27. The maximum absolute atomic E-state index is 12.7. The topological polar surface area (TPSA) is 56.7 Å². The number of hydrogen-bond donors (Lipinski definition) is 2. The van der Waals surface area contributed by atoms with Crippen LogP contribution in [0.15, 0.2) is 29.3 Å². The van der Waals surface area contributed by atoms with Crippen LogP contribution in [0.5, 0.6) is 0 Å². The third-order valence-corrected chi connectivity index (χ3v) is 5.27. The van der Waals surface area contributed by atoms with E-state index in [1.54, 1.807) is 4.90 Å². The summed E-state index contributed by atoms with van der Waals surface area (Å²) in [4.78, 5) is 19.2. The number of carbonyl (C=O) groups excluding carboxylic acids is 1. The van der Waals surface area contributed by atoms with E-state index < -0.39 is 0 Å². The largest absolute Gasteiger partial charge is 0.357 e. The number of hydrogen-bond acceptors (Lipinski definition) is 2. The minimum Gasteiger partial charge on any atom is -0.357 e. The van der Waals surface area contributed by atoms with Crippen molar-refractivity contribution in [3.63, 3.8) is 0 Å². The maximum atomic E-state index is 12.7. The van der Waals surface area contributed by atoms with E-state index in [9.17, 15) is 4.79 Å². The molecule has 0 saturated heterocycles. The van der Waals surface area contributed by atoms with Crippen molar-refractivity contribution in [2.75, 3.05) is 27.2 Å². The molecule has 26 heavy (non-hydrogen) atoms. The fourth-order valence-electron chi connectivity index (χ4n) is 3.81. The molecule has 1 aromatic carbocycles. The zero-order valence-corrected chi connectivity index (χ0v) is 16.8. The molecule has 144 valence electrons. The standard InChI is InChI=1S/C21H34N4O/c1-5-17-11-7-8-12-18(17)15-23-20(22-6-2)24-16-21(13-9-10-14-21)19(26)25(3)4/h7-8,11-12H,5-6,9-10,13-16H2,1-4H3,(H2,22,23,24). The van der Waals surface area contributed by atoms with E-state index in [0.29, 0.717) is 13.1 Å². The molecule has 0 spiro atoms. The first kappa shape index (κ1) is 20.3. The second-order valence-corrected chi connectivity index (χ2v) is 7.36. The summed E-state index contributed by atoms with van der Waals surface area (Å²) < 4.78 is 0. The van der Waals surface area contributed by atoms with Crippen LogP contribution in [-0.2, 0) is 17.8 Å². The molecular formula is C21H34N4O. The molecule has 1 aliphatic rings. The van der Waals surface area contributed by atoms with Gasteiger partial charge in [-0.2, -0.15) is 0 Å². The normalized spacial score (nSPS) is 16.4. The van der Waals surface area contributed by atoms with Crippen LogP contribution in [0.2, 0.25) is 0 Å². The summed E-state index contributed by atoms with van der Waals surface area (Å²) in [5.41, 5.74) is 2.30. The molecule has 1 amide bonds. The fraction of sp³-hybridized carbons (Fsp3) is 0.619. The molecule has 1 aromatic rings. The highest BCUT2D eigenvalue weighted by atomic mass is 16.2. The highest BCUT2D eigenvalue weighted by Gasteiger charge is 2.42. The average Bonchev–Trinajstić information content (AvgIpc) is 3.13. The zero-order chi connectivity index (χ0) is 19.0. The molecule has 5 nitrogen and oxygen atoms in total. The average molecular weight is 359 g/mol. The number of nitrogens with zero attached hydrogens (tertiary/aromatic N) is 2. The number of nitrogens with one attached hydrogen (secondary N) is 2. The van der Waals surface area contributed by atoms with Gasteiger partial charge in [0, 0.05) is 27.2 Å². The van der Waals surface area contributed by atoms with Gasteiger partial charge in [0.1, 0.15) is 0 Å². The van der Waals surface area contributed by atoms with Gasteiger partial charge in [0.15, 0.2) is 5.96 Å². The molecule has 0 unspecified atom stereocenters. The van der Waals surface area contributed by atoms with Gasteiger partial charge in [0.25, 0.3) is 0 Å².